The normalized spacial score (nSPS) is 17.9. The smallest absolute Gasteiger partial charge is 0.394 e. The first kappa shape index (κ1) is 19.1. The van der Waals surface area contributed by atoms with Crippen LogP contribution in [0.2, 0.25) is 0 Å². The number of nitrogens with one attached hydrogen (secondary N) is 1. The first-order chi connectivity index (χ1) is 8.99. The van der Waals surface area contributed by atoms with Gasteiger partial charge in [0.05, 0.1) is 6.61 Å². The number of amides is 2. The summed E-state index contributed by atoms with van der Waals surface area (Å²) in [5.74, 6) is -2.34. The van der Waals surface area contributed by atoms with Gasteiger partial charge in [0.2, 0.25) is 5.91 Å². The van der Waals surface area contributed by atoms with Gasteiger partial charge in [0.15, 0.2) is 6.10 Å². The molecule has 0 saturated heterocycles. The Kier molecular flexibility index (Phi) is 7.41. The van der Waals surface area contributed by atoms with E-state index in [1.54, 1.807) is 5.32 Å². The number of aliphatic hydroxyl groups excluding tert-OH is 4. The number of carbonyl (C=O) groups is 2. The Balaban J connectivity index is 5.15. The third-order valence-corrected chi connectivity index (χ3v) is 2.55. The Morgan fingerprint density at radius 1 is 1.20 bits per heavy atom. The molecule has 4 atom stereocenters. The van der Waals surface area contributed by atoms with Gasteiger partial charge in [0, 0.05) is 6.92 Å². The van der Waals surface area contributed by atoms with Crippen molar-refractivity contribution in [3.8, 4) is 0 Å². The molecule has 0 radical (unpaired) electrons. The molecule has 11 nitrogen and oxygen atoms in total. The second-order valence-corrected chi connectivity index (χ2v) is 4.99. The Bertz CT molecular complexity index is 395. The van der Waals surface area contributed by atoms with Crippen molar-refractivity contribution in [2.75, 3.05) is 6.61 Å². The zero-order valence-electron chi connectivity index (χ0n) is 10.3. The topological polar surface area (TPSA) is 194 Å². The maximum atomic E-state index is 11.5. The monoisotopic (exact) mass is 317 g/mol. The number of hydrogen-bond donors (Lipinski definition) is 7. The Hall–Kier alpha value is -0.910. The molecular weight excluding hydrogens is 301 g/mol. The van der Waals surface area contributed by atoms with Gasteiger partial charge in [-0.25, -0.2) is 4.57 Å². The molecule has 0 aromatic carbocycles. The average molecular weight is 317 g/mol. The maximum Gasteiger partial charge on any atom is 0.470 e. The molecule has 0 aromatic heterocycles. The van der Waals surface area contributed by atoms with Crippen molar-refractivity contribution >= 4 is 19.6 Å². The lowest BCUT2D eigenvalue weighted by Crippen LogP contribution is -2.53. The van der Waals surface area contributed by atoms with Crippen LogP contribution in [0.25, 0.3) is 0 Å². The van der Waals surface area contributed by atoms with Crippen molar-refractivity contribution in [2.24, 2.45) is 0 Å². The molecule has 20 heavy (non-hydrogen) atoms. The Morgan fingerprint density at radius 2 is 1.70 bits per heavy atom. The van der Waals surface area contributed by atoms with Gasteiger partial charge in [-0.05, 0) is 0 Å². The second kappa shape index (κ2) is 7.76. The third-order valence-electron chi connectivity index (χ3n) is 2.05. The summed E-state index contributed by atoms with van der Waals surface area (Å²) in [6, 6.07) is 0. The van der Waals surface area contributed by atoms with Crippen LogP contribution < -0.4 is 5.32 Å². The van der Waals surface area contributed by atoms with Gasteiger partial charge in [-0.1, -0.05) is 0 Å². The second-order valence-electron chi connectivity index (χ2n) is 3.79. The average Bonchev–Trinajstić information content (AvgIpc) is 2.31. The number of imide groups is 1. The summed E-state index contributed by atoms with van der Waals surface area (Å²) in [7, 11) is -5.24. The number of hydrogen-bond acceptors (Lipinski definition) is 8. The minimum atomic E-state index is -5.24. The van der Waals surface area contributed by atoms with E-state index < -0.39 is 50.7 Å². The van der Waals surface area contributed by atoms with Gasteiger partial charge < -0.3 is 30.2 Å². The Morgan fingerprint density at radius 3 is 2.05 bits per heavy atom. The molecule has 118 valence electrons. The van der Waals surface area contributed by atoms with E-state index in [4.69, 9.17) is 20.0 Å². The third kappa shape index (κ3) is 6.50. The van der Waals surface area contributed by atoms with Gasteiger partial charge in [-0.15, -0.1) is 0 Å². The highest BCUT2D eigenvalue weighted by molar-refractivity contribution is 7.46. The van der Waals surface area contributed by atoms with Gasteiger partial charge in [-0.2, -0.15) is 0 Å². The molecule has 7 N–H and O–H groups in total. The molecule has 0 aliphatic heterocycles. The molecule has 0 spiro atoms. The fourth-order valence-electron chi connectivity index (χ4n) is 1.17. The fourth-order valence-corrected chi connectivity index (χ4v) is 1.69. The molecule has 0 aliphatic rings. The molecule has 0 rings (SSSR count). The maximum absolute atomic E-state index is 11.5. The summed E-state index contributed by atoms with van der Waals surface area (Å²) in [6.45, 7) is -0.0764. The lowest BCUT2D eigenvalue weighted by Gasteiger charge is -2.27. The van der Waals surface area contributed by atoms with Crippen molar-refractivity contribution in [1.29, 1.82) is 0 Å². The van der Waals surface area contributed by atoms with Gasteiger partial charge in [0.1, 0.15) is 18.3 Å². The van der Waals surface area contributed by atoms with Gasteiger partial charge in [-0.3, -0.25) is 19.4 Å². The highest BCUT2D eigenvalue weighted by Crippen LogP contribution is 2.38. The highest BCUT2D eigenvalue weighted by Gasteiger charge is 2.40. The summed E-state index contributed by atoms with van der Waals surface area (Å²) in [6.07, 6.45) is -8.67. The predicted octanol–water partition coefficient (Wildman–Crippen LogP) is -3.80. The summed E-state index contributed by atoms with van der Waals surface area (Å²) in [5.41, 5.74) is 0. The number of rotatable bonds is 7. The first-order valence-electron chi connectivity index (χ1n) is 5.20. The summed E-state index contributed by atoms with van der Waals surface area (Å²) in [5, 5.41) is 38.2. The van der Waals surface area contributed by atoms with Crippen LogP contribution in [-0.4, -0.2) is 73.1 Å². The van der Waals surface area contributed by atoms with E-state index >= 15 is 0 Å². The largest absolute Gasteiger partial charge is 0.470 e. The van der Waals surface area contributed by atoms with Crippen LogP contribution in [0.3, 0.4) is 0 Å². The fraction of sp³-hybridized carbons (Fsp3) is 0.750. The van der Waals surface area contributed by atoms with Crippen molar-refractivity contribution in [3.63, 3.8) is 0 Å². The summed E-state index contributed by atoms with van der Waals surface area (Å²) >= 11 is 0. The van der Waals surface area contributed by atoms with Crippen LogP contribution in [0.1, 0.15) is 6.92 Å². The van der Waals surface area contributed by atoms with E-state index in [1.807, 2.05) is 0 Å². The van der Waals surface area contributed by atoms with Crippen molar-refractivity contribution in [2.45, 2.75) is 31.3 Å². The zero-order valence-corrected chi connectivity index (χ0v) is 11.2. The van der Waals surface area contributed by atoms with E-state index in [9.17, 15) is 24.4 Å². The lowest BCUT2D eigenvalue weighted by molar-refractivity contribution is -0.149. The van der Waals surface area contributed by atoms with Crippen LogP contribution in [0.4, 0.5) is 0 Å². The molecule has 0 bridgehead atoms. The first-order valence-corrected chi connectivity index (χ1v) is 6.73. The summed E-state index contributed by atoms with van der Waals surface area (Å²) < 4.78 is 14.7. The quantitative estimate of drug-likeness (QED) is 0.229. The van der Waals surface area contributed by atoms with Crippen molar-refractivity contribution in [3.05, 3.63) is 0 Å². The standard InChI is InChI=1S/C8H16NO10P/c1-3(11)9-8(15)7(19-20(16,17)18)6(14)5(13)4(12)2-10/h4-7,10,12-14H,2H2,1H3,(H,9,11,15)(H2,16,17,18)/t4-,5-,6+,7-/m1/s1. The number of carbonyl (C=O) groups excluding carboxylic acids is 2. The molecule has 0 heterocycles. The van der Waals surface area contributed by atoms with E-state index in [2.05, 4.69) is 4.52 Å². The van der Waals surface area contributed by atoms with Gasteiger partial charge >= 0.3 is 7.82 Å². The highest BCUT2D eigenvalue weighted by atomic mass is 31.2. The molecule has 0 unspecified atom stereocenters. The Labute approximate surface area is 113 Å². The minimum absolute atomic E-state index is 0.904. The minimum Gasteiger partial charge on any atom is -0.394 e. The molecule has 12 heteroatoms. The summed E-state index contributed by atoms with van der Waals surface area (Å²) in [4.78, 5) is 39.4. The van der Waals surface area contributed by atoms with Crippen LogP contribution >= 0.6 is 7.82 Å². The number of aliphatic hydroxyl groups is 4. The molecule has 2 amide bonds. The molecule has 0 fully saturated rings. The molecular formula is C8H16NO10P. The lowest BCUT2D eigenvalue weighted by atomic mass is 10.0. The van der Waals surface area contributed by atoms with Gasteiger partial charge in [0.25, 0.3) is 5.91 Å². The van der Waals surface area contributed by atoms with Crippen LogP contribution in [0.15, 0.2) is 0 Å². The van der Waals surface area contributed by atoms with Crippen LogP contribution in [0, 0.1) is 0 Å². The van der Waals surface area contributed by atoms with Crippen LogP contribution in [0.5, 0.6) is 0 Å². The van der Waals surface area contributed by atoms with E-state index in [1.165, 1.54) is 0 Å². The predicted molar refractivity (Wildman–Crippen MR) is 60.8 cm³/mol. The van der Waals surface area contributed by atoms with E-state index in [-0.39, 0.29) is 0 Å². The van der Waals surface area contributed by atoms with Crippen molar-refractivity contribution < 1.29 is 48.9 Å². The number of phosphoric ester groups is 1. The molecule has 0 aliphatic carbocycles. The zero-order chi connectivity index (χ0) is 16.1. The van der Waals surface area contributed by atoms with E-state index in [0.717, 1.165) is 6.92 Å². The van der Waals surface area contributed by atoms with E-state index in [0.29, 0.717) is 0 Å². The van der Waals surface area contributed by atoms with Crippen LogP contribution in [-0.2, 0) is 18.7 Å². The SMILES string of the molecule is CC(=O)NC(=O)[C@H](OP(=O)(O)O)[C@@H](O)[C@H](O)[C@H](O)CO. The molecule has 0 aromatic rings. The number of phosphoric acid groups is 1. The molecule has 0 saturated carbocycles. The van der Waals surface area contributed by atoms with Crippen molar-refractivity contribution in [1.82, 2.24) is 5.32 Å².